The van der Waals surface area contributed by atoms with Gasteiger partial charge in [0.25, 0.3) is 5.69 Å². The number of nitrogens with one attached hydrogen (secondary N) is 1. The van der Waals surface area contributed by atoms with Crippen molar-refractivity contribution in [1.29, 1.82) is 0 Å². The summed E-state index contributed by atoms with van der Waals surface area (Å²) in [5.74, 6) is 1.22. The smallest absolute Gasteiger partial charge is 0.294 e. The summed E-state index contributed by atoms with van der Waals surface area (Å²) in [4.78, 5) is 17.8. The molecule has 0 bridgehead atoms. The molecule has 1 aromatic heterocycles. The normalized spacial score (nSPS) is 24.7. The summed E-state index contributed by atoms with van der Waals surface area (Å²) in [7, 11) is 0. The Morgan fingerprint density at radius 2 is 2.10 bits per heavy atom. The van der Waals surface area contributed by atoms with Gasteiger partial charge in [-0.25, -0.2) is 4.98 Å². The first-order valence-electron chi connectivity index (χ1n) is 7.13. The minimum absolute atomic E-state index is 0.207. The molecule has 4 rings (SSSR count). The van der Waals surface area contributed by atoms with Gasteiger partial charge >= 0.3 is 0 Å². The number of fused-ring (bicyclic) bond motifs is 2. The van der Waals surface area contributed by atoms with Gasteiger partial charge in [0.15, 0.2) is 0 Å². The van der Waals surface area contributed by atoms with Gasteiger partial charge in [-0.3, -0.25) is 10.1 Å². The molecule has 0 saturated carbocycles. The second-order valence-corrected chi connectivity index (χ2v) is 7.12. The lowest BCUT2D eigenvalue weighted by atomic mass is 10.0. The van der Waals surface area contributed by atoms with E-state index in [0.717, 1.165) is 47.1 Å². The Labute approximate surface area is 125 Å². The Bertz CT molecular complexity index is 717. The second-order valence-electron chi connectivity index (χ2n) is 5.88. The number of nitro benzene ring substituents is 1. The van der Waals surface area contributed by atoms with Crippen molar-refractivity contribution in [2.45, 2.75) is 6.92 Å². The van der Waals surface area contributed by atoms with Crippen LogP contribution in [-0.4, -0.2) is 36.1 Å². The lowest BCUT2D eigenvalue weighted by molar-refractivity contribution is -0.384. The second kappa shape index (κ2) is 4.64. The molecule has 0 amide bonds. The van der Waals surface area contributed by atoms with E-state index in [1.807, 2.05) is 13.0 Å². The molecule has 1 N–H and O–H groups in total. The number of hydrogen-bond acceptors (Lipinski definition) is 6. The summed E-state index contributed by atoms with van der Waals surface area (Å²) in [5, 5.41) is 15.8. The highest BCUT2D eigenvalue weighted by molar-refractivity contribution is 7.18. The Morgan fingerprint density at radius 1 is 1.38 bits per heavy atom. The Hall–Kier alpha value is -1.73. The number of aryl methyl sites for hydroxylation is 1. The number of hydrogen-bond donors (Lipinski definition) is 1. The van der Waals surface area contributed by atoms with Crippen molar-refractivity contribution in [3.8, 4) is 0 Å². The molecular weight excluding hydrogens is 288 g/mol. The molecule has 2 aromatic rings. The lowest BCUT2D eigenvalue weighted by Crippen LogP contribution is -2.26. The molecule has 0 radical (unpaired) electrons. The standard InChI is InChI=1S/C14H16N4O2S/c1-8-16-11-2-12(13(18(19)20)3-14(11)21-8)17-6-9-4-15-5-10(9)7-17/h2-3,9-10,15H,4-7H2,1H3/t9-,10+. The molecule has 1 aromatic carbocycles. The van der Waals surface area contributed by atoms with Crippen molar-refractivity contribution < 1.29 is 4.92 Å². The van der Waals surface area contributed by atoms with Gasteiger partial charge in [0.1, 0.15) is 5.69 Å². The van der Waals surface area contributed by atoms with Gasteiger partial charge in [-0.05, 0) is 24.8 Å². The first-order valence-corrected chi connectivity index (χ1v) is 7.94. The average Bonchev–Trinajstić information content (AvgIpc) is 3.07. The number of benzene rings is 1. The number of rotatable bonds is 2. The SMILES string of the molecule is Cc1nc2cc(N3C[C@H]4CNC[C@H]4C3)c([N+](=O)[O-])cc2s1. The number of thiazole rings is 1. The maximum Gasteiger partial charge on any atom is 0.294 e. The monoisotopic (exact) mass is 304 g/mol. The Morgan fingerprint density at radius 3 is 2.76 bits per heavy atom. The van der Waals surface area contributed by atoms with E-state index in [2.05, 4.69) is 15.2 Å². The fraction of sp³-hybridized carbons (Fsp3) is 0.500. The van der Waals surface area contributed by atoms with E-state index < -0.39 is 0 Å². The van der Waals surface area contributed by atoms with Gasteiger partial charge in [0.2, 0.25) is 0 Å². The van der Waals surface area contributed by atoms with Crippen molar-refractivity contribution in [3.05, 3.63) is 27.3 Å². The average molecular weight is 304 g/mol. The summed E-state index contributed by atoms with van der Waals surface area (Å²) in [5.41, 5.74) is 1.81. The molecule has 2 atom stereocenters. The number of aromatic nitrogens is 1. The van der Waals surface area contributed by atoms with E-state index >= 15 is 0 Å². The molecule has 7 heteroatoms. The first kappa shape index (κ1) is 13.0. The summed E-state index contributed by atoms with van der Waals surface area (Å²) >= 11 is 1.51. The molecule has 2 aliphatic rings. The molecule has 2 aliphatic heterocycles. The van der Waals surface area contributed by atoms with Crippen LogP contribution < -0.4 is 10.2 Å². The predicted octanol–water partition coefficient (Wildman–Crippen LogP) is 2.17. The third kappa shape index (κ3) is 2.08. The molecule has 0 spiro atoms. The van der Waals surface area contributed by atoms with Gasteiger partial charge in [-0.1, -0.05) is 0 Å². The maximum atomic E-state index is 11.4. The fourth-order valence-corrected chi connectivity index (χ4v) is 4.36. The molecule has 6 nitrogen and oxygen atoms in total. The topological polar surface area (TPSA) is 71.3 Å². The van der Waals surface area contributed by atoms with E-state index in [1.54, 1.807) is 6.07 Å². The van der Waals surface area contributed by atoms with Crippen LogP contribution in [0, 0.1) is 28.9 Å². The lowest BCUT2D eigenvalue weighted by Gasteiger charge is -2.19. The summed E-state index contributed by atoms with van der Waals surface area (Å²) in [6.45, 7) is 5.77. The minimum Gasteiger partial charge on any atom is -0.365 e. The van der Waals surface area contributed by atoms with Crippen LogP contribution in [0.2, 0.25) is 0 Å². The predicted molar refractivity (Wildman–Crippen MR) is 83.1 cm³/mol. The molecule has 3 heterocycles. The van der Waals surface area contributed by atoms with Crippen LogP contribution in [0.15, 0.2) is 12.1 Å². The number of nitro groups is 1. The molecule has 0 unspecified atom stereocenters. The van der Waals surface area contributed by atoms with E-state index in [9.17, 15) is 10.1 Å². The highest BCUT2D eigenvalue weighted by Gasteiger charge is 2.38. The van der Waals surface area contributed by atoms with Crippen LogP contribution in [-0.2, 0) is 0 Å². The van der Waals surface area contributed by atoms with Gasteiger partial charge in [-0.2, -0.15) is 0 Å². The molecule has 21 heavy (non-hydrogen) atoms. The molecule has 2 fully saturated rings. The molecule has 2 saturated heterocycles. The van der Waals surface area contributed by atoms with E-state index in [-0.39, 0.29) is 10.6 Å². The van der Waals surface area contributed by atoms with Crippen LogP contribution in [0.3, 0.4) is 0 Å². The molecule has 0 aliphatic carbocycles. The van der Waals surface area contributed by atoms with Crippen LogP contribution >= 0.6 is 11.3 Å². The van der Waals surface area contributed by atoms with Crippen LogP contribution in [0.4, 0.5) is 11.4 Å². The zero-order valence-corrected chi connectivity index (χ0v) is 12.5. The Balaban J connectivity index is 1.79. The first-order chi connectivity index (χ1) is 10.1. The van der Waals surface area contributed by atoms with Crippen LogP contribution in [0.25, 0.3) is 10.2 Å². The van der Waals surface area contributed by atoms with E-state index in [0.29, 0.717) is 11.8 Å². The van der Waals surface area contributed by atoms with Crippen LogP contribution in [0.1, 0.15) is 5.01 Å². The van der Waals surface area contributed by atoms with Crippen molar-refractivity contribution in [3.63, 3.8) is 0 Å². The van der Waals surface area contributed by atoms with Gasteiger partial charge in [-0.15, -0.1) is 11.3 Å². The van der Waals surface area contributed by atoms with Gasteiger partial charge < -0.3 is 10.2 Å². The number of nitrogens with zero attached hydrogens (tertiary/aromatic N) is 3. The van der Waals surface area contributed by atoms with Crippen molar-refractivity contribution >= 4 is 32.9 Å². The highest BCUT2D eigenvalue weighted by Crippen LogP contribution is 2.39. The third-order valence-corrected chi connectivity index (χ3v) is 5.45. The summed E-state index contributed by atoms with van der Waals surface area (Å²) in [6, 6.07) is 3.58. The van der Waals surface area contributed by atoms with E-state index in [4.69, 9.17) is 0 Å². The molecule has 110 valence electrons. The Kier molecular flexibility index (Phi) is 2.87. The van der Waals surface area contributed by atoms with Crippen molar-refractivity contribution in [1.82, 2.24) is 10.3 Å². The van der Waals surface area contributed by atoms with Crippen molar-refractivity contribution in [2.24, 2.45) is 11.8 Å². The summed E-state index contributed by atoms with van der Waals surface area (Å²) < 4.78 is 0.893. The molecular formula is C14H16N4O2S. The zero-order valence-electron chi connectivity index (χ0n) is 11.7. The van der Waals surface area contributed by atoms with E-state index in [1.165, 1.54) is 11.3 Å². The summed E-state index contributed by atoms with van der Waals surface area (Å²) in [6.07, 6.45) is 0. The zero-order chi connectivity index (χ0) is 14.6. The minimum atomic E-state index is -0.268. The van der Waals surface area contributed by atoms with Gasteiger partial charge in [0.05, 0.1) is 20.1 Å². The maximum absolute atomic E-state index is 11.4. The van der Waals surface area contributed by atoms with Crippen LogP contribution in [0.5, 0.6) is 0 Å². The third-order valence-electron chi connectivity index (χ3n) is 4.52. The number of anilines is 1. The van der Waals surface area contributed by atoms with Gasteiger partial charge in [0, 0.05) is 32.2 Å². The van der Waals surface area contributed by atoms with Crippen molar-refractivity contribution in [2.75, 3.05) is 31.1 Å². The highest BCUT2D eigenvalue weighted by atomic mass is 32.1. The largest absolute Gasteiger partial charge is 0.365 e. The fourth-order valence-electron chi connectivity index (χ4n) is 3.52. The quantitative estimate of drug-likeness (QED) is 0.680.